The number of nitrogens with zero attached hydrogens (tertiary/aromatic N) is 2. The van der Waals surface area contributed by atoms with E-state index in [1.165, 1.54) is 18.2 Å². The predicted octanol–water partition coefficient (Wildman–Crippen LogP) is 2.39. The molecule has 23 heavy (non-hydrogen) atoms. The van der Waals surface area contributed by atoms with Gasteiger partial charge in [0.25, 0.3) is 5.91 Å². The fourth-order valence-electron chi connectivity index (χ4n) is 2.22. The molecule has 1 heterocycles. The number of aromatic amines is 1. The van der Waals surface area contributed by atoms with Crippen LogP contribution in [-0.2, 0) is 0 Å². The van der Waals surface area contributed by atoms with Gasteiger partial charge in [-0.05, 0) is 24.3 Å². The van der Waals surface area contributed by atoms with Crippen molar-refractivity contribution in [3.05, 3.63) is 59.3 Å². The van der Waals surface area contributed by atoms with Gasteiger partial charge in [-0.25, -0.2) is 4.79 Å². The van der Waals surface area contributed by atoms with Crippen molar-refractivity contribution in [2.45, 2.75) is 0 Å². The lowest BCUT2D eigenvalue weighted by Crippen LogP contribution is -2.15. The van der Waals surface area contributed by atoms with E-state index in [1.54, 1.807) is 18.2 Å². The number of carboxylic acids is 1. The van der Waals surface area contributed by atoms with Gasteiger partial charge >= 0.3 is 5.97 Å². The zero-order chi connectivity index (χ0) is 16.4. The van der Waals surface area contributed by atoms with E-state index in [1.807, 2.05) is 12.1 Å². The van der Waals surface area contributed by atoms with Crippen molar-refractivity contribution in [2.24, 2.45) is 0 Å². The fraction of sp³-hybridized carbons (Fsp3) is 0. The highest BCUT2D eigenvalue weighted by molar-refractivity contribution is 6.12. The lowest BCUT2D eigenvalue weighted by atomic mass is 10.1. The van der Waals surface area contributed by atoms with Crippen molar-refractivity contribution in [1.29, 1.82) is 5.26 Å². The number of benzene rings is 2. The van der Waals surface area contributed by atoms with Gasteiger partial charge in [0, 0.05) is 5.39 Å². The summed E-state index contributed by atoms with van der Waals surface area (Å²) in [6.07, 6.45) is 0. The number of fused-ring (bicyclic) bond motifs is 1. The molecule has 0 saturated carbocycles. The number of hydrogen-bond acceptors (Lipinski definition) is 4. The molecule has 1 aromatic heterocycles. The van der Waals surface area contributed by atoms with Gasteiger partial charge in [0.1, 0.15) is 0 Å². The second-order valence-corrected chi connectivity index (χ2v) is 4.75. The maximum absolute atomic E-state index is 12.4. The molecule has 3 N–H and O–H groups in total. The van der Waals surface area contributed by atoms with Gasteiger partial charge in [-0.2, -0.15) is 10.4 Å². The zero-order valence-electron chi connectivity index (χ0n) is 11.7. The van der Waals surface area contributed by atoms with Gasteiger partial charge in [-0.15, -0.1) is 0 Å². The molecular weight excluding hydrogens is 296 g/mol. The second kappa shape index (κ2) is 5.61. The molecular formula is C16H10N4O3. The number of para-hydroxylation sites is 1. The van der Waals surface area contributed by atoms with E-state index in [0.29, 0.717) is 10.9 Å². The minimum Gasteiger partial charge on any atom is -0.478 e. The lowest BCUT2D eigenvalue weighted by molar-refractivity contribution is 0.0698. The zero-order valence-corrected chi connectivity index (χ0v) is 11.7. The van der Waals surface area contributed by atoms with Crippen LogP contribution in [0.25, 0.3) is 10.9 Å². The average molecular weight is 306 g/mol. The quantitative estimate of drug-likeness (QED) is 0.686. The van der Waals surface area contributed by atoms with E-state index in [4.69, 9.17) is 5.26 Å². The van der Waals surface area contributed by atoms with Crippen molar-refractivity contribution >= 4 is 28.5 Å². The van der Waals surface area contributed by atoms with Crippen LogP contribution in [0.4, 0.5) is 5.69 Å². The first-order valence-electron chi connectivity index (χ1n) is 6.62. The fourth-order valence-corrected chi connectivity index (χ4v) is 2.22. The third-order valence-electron chi connectivity index (χ3n) is 3.31. The number of carbonyl (C=O) groups excluding carboxylic acids is 1. The monoisotopic (exact) mass is 306 g/mol. The number of amides is 1. The largest absolute Gasteiger partial charge is 0.478 e. The first-order chi connectivity index (χ1) is 11.1. The van der Waals surface area contributed by atoms with Gasteiger partial charge in [-0.1, -0.05) is 18.2 Å². The number of carbonyl (C=O) groups is 2. The van der Waals surface area contributed by atoms with E-state index in [0.717, 1.165) is 0 Å². The molecule has 0 aliphatic rings. The van der Waals surface area contributed by atoms with Crippen LogP contribution in [-0.4, -0.2) is 27.2 Å². The summed E-state index contributed by atoms with van der Waals surface area (Å²) in [5.41, 5.74) is 1.02. The molecule has 1 amide bonds. The van der Waals surface area contributed by atoms with Crippen molar-refractivity contribution in [3.63, 3.8) is 0 Å². The van der Waals surface area contributed by atoms with Gasteiger partial charge in [0.05, 0.1) is 28.4 Å². The Bertz CT molecular complexity index is 969. The van der Waals surface area contributed by atoms with Gasteiger partial charge in [0.15, 0.2) is 5.69 Å². The predicted molar refractivity (Wildman–Crippen MR) is 82.2 cm³/mol. The number of H-pyrrole nitrogens is 1. The van der Waals surface area contributed by atoms with Crippen LogP contribution in [0.3, 0.4) is 0 Å². The van der Waals surface area contributed by atoms with Crippen LogP contribution in [0.1, 0.15) is 26.4 Å². The third kappa shape index (κ3) is 2.61. The van der Waals surface area contributed by atoms with E-state index in [-0.39, 0.29) is 22.5 Å². The molecule has 0 unspecified atom stereocenters. The number of aromatic carboxylic acids is 1. The van der Waals surface area contributed by atoms with Crippen molar-refractivity contribution in [2.75, 3.05) is 5.32 Å². The Morgan fingerprint density at radius 3 is 2.74 bits per heavy atom. The Hall–Kier alpha value is -3.66. The van der Waals surface area contributed by atoms with Crippen LogP contribution in [0, 0.1) is 11.3 Å². The summed E-state index contributed by atoms with van der Waals surface area (Å²) < 4.78 is 0. The molecule has 7 nitrogen and oxygen atoms in total. The Morgan fingerprint density at radius 1 is 1.22 bits per heavy atom. The first-order valence-corrected chi connectivity index (χ1v) is 6.62. The van der Waals surface area contributed by atoms with Crippen LogP contribution in [0.15, 0.2) is 42.5 Å². The van der Waals surface area contributed by atoms with Crippen molar-refractivity contribution < 1.29 is 14.7 Å². The number of carboxylic acid groups (broad SMARTS) is 1. The second-order valence-electron chi connectivity index (χ2n) is 4.75. The number of nitriles is 1. The summed E-state index contributed by atoms with van der Waals surface area (Å²) in [4.78, 5) is 23.7. The lowest BCUT2D eigenvalue weighted by Gasteiger charge is -2.07. The Morgan fingerprint density at radius 2 is 2.00 bits per heavy atom. The minimum absolute atomic E-state index is 0.105. The number of nitrogens with one attached hydrogen (secondary N) is 2. The highest BCUT2D eigenvalue weighted by atomic mass is 16.4. The van der Waals surface area contributed by atoms with E-state index in [2.05, 4.69) is 15.5 Å². The summed E-state index contributed by atoms with van der Waals surface area (Å²) in [6.45, 7) is 0. The summed E-state index contributed by atoms with van der Waals surface area (Å²) in [5, 5.41) is 27.9. The number of anilines is 1. The SMILES string of the molecule is N#Cc1ccc(NC(=O)c2n[nH]c3ccccc23)c(C(=O)O)c1. The molecule has 0 spiro atoms. The highest BCUT2D eigenvalue weighted by Crippen LogP contribution is 2.20. The molecule has 0 radical (unpaired) electrons. The van der Waals surface area contributed by atoms with Crippen molar-refractivity contribution in [3.8, 4) is 6.07 Å². The van der Waals surface area contributed by atoms with Gasteiger partial charge in [0.2, 0.25) is 0 Å². The minimum atomic E-state index is -1.23. The molecule has 0 atom stereocenters. The van der Waals surface area contributed by atoms with Crippen LogP contribution >= 0.6 is 0 Å². The smallest absolute Gasteiger partial charge is 0.337 e. The van der Waals surface area contributed by atoms with Crippen molar-refractivity contribution in [1.82, 2.24) is 10.2 Å². The number of hydrogen-bond donors (Lipinski definition) is 3. The first kappa shape index (κ1) is 14.3. The molecule has 0 fully saturated rings. The maximum atomic E-state index is 12.4. The highest BCUT2D eigenvalue weighted by Gasteiger charge is 2.18. The Balaban J connectivity index is 1.97. The molecule has 112 valence electrons. The summed E-state index contributed by atoms with van der Waals surface area (Å²) in [6, 6.07) is 13.0. The normalized spacial score (nSPS) is 10.2. The summed E-state index contributed by atoms with van der Waals surface area (Å²) in [5.74, 6) is -1.76. The molecule has 0 aliphatic carbocycles. The Labute approximate surface area is 130 Å². The van der Waals surface area contributed by atoms with E-state index < -0.39 is 11.9 Å². The van der Waals surface area contributed by atoms with Crippen LogP contribution < -0.4 is 5.32 Å². The summed E-state index contributed by atoms with van der Waals surface area (Å²) >= 11 is 0. The molecule has 3 rings (SSSR count). The molecule has 2 aromatic carbocycles. The number of aromatic nitrogens is 2. The van der Waals surface area contributed by atoms with Crippen LogP contribution in [0.5, 0.6) is 0 Å². The Kier molecular flexibility index (Phi) is 3.49. The number of rotatable bonds is 3. The molecule has 0 saturated heterocycles. The molecule has 0 aliphatic heterocycles. The molecule has 0 bridgehead atoms. The van der Waals surface area contributed by atoms with E-state index in [9.17, 15) is 14.7 Å². The van der Waals surface area contributed by atoms with Crippen LogP contribution in [0.2, 0.25) is 0 Å². The van der Waals surface area contributed by atoms with E-state index >= 15 is 0 Å². The topological polar surface area (TPSA) is 119 Å². The third-order valence-corrected chi connectivity index (χ3v) is 3.31. The average Bonchev–Trinajstić information content (AvgIpc) is 2.99. The molecule has 3 aromatic rings. The van der Waals surface area contributed by atoms with Gasteiger partial charge < -0.3 is 10.4 Å². The molecule has 7 heteroatoms. The standard InChI is InChI=1S/C16H10N4O3/c17-8-9-5-6-12(11(7-9)16(22)23)18-15(21)14-10-3-1-2-4-13(10)19-20-14/h1-7H,(H,18,21)(H,19,20)(H,22,23). The van der Waals surface area contributed by atoms with Gasteiger partial charge in [-0.3, -0.25) is 9.89 Å². The summed E-state index contributed by atoms with van der Waals surface area (Å²) in [7, 11) is 0. The maximum Gasteiger partial charge on any atom is 0.337 e.